The number of methoxy groups -OCH3 is 3. The minimum atomic E-state index is -0.427. The molecule has 0 radical (unpaired) electrons. The number of hydrogen-bond acceptors (Lipinski definition) is 6. The molecule has 8 nitrogen and oxygen atoms in total. The van der Waals surface area contributed by atoms with Crippen molar-refractivity contribution in [2.24, 2.45) is 0 Å². The lowest BCUT2D eigenvalue weighted by molar-refractivity contribution is 0.0721. The molecule has 1 saturated heterocycles. The number of amides is 2. The molecule has 160 valence electrons. The number of likely N-dealkylation sites (tertiary alicyclic amines) is 1. The fourth-order valence-corrected chi connectivity index (χ4v) is 3.47. The first-order chi connectivity index (χ1) is 14.5. The second kappa shape index (κ2) is 9.39. The Morgan fingerprint density at radius 1 is 0.933 bits per heavy atom. The Balaban J connectivity index is 1.79. The second-order valence-electron chi connectivity index (χ2n) is 6.95. The van der Waals surface area contributed by atoms with Crippen LogP contribution in [0.5, 0.6) is 23.0 Å². The number of nitrogens with one attached hydrogen (secondary N) is 1. The van der Waals surface area contributed by atoms with Gasteiger partial charge in [0.05, 0.1) is 26.9 Å². The van der Waals surface area contributed by atoms with Crippen LogP contribution in [0.15, 0.2) is 30.3 Å². The highest BCUT2D eigenvalue weighted by molar-refractivity contribution is 6.05. The van der Waals surface area contributed by atoms with Crippen molar-refractivity contribution >= 4 is 17.5 Å². The first-order valence-corrected chi connectivity index (χ1v) is 9.72. The minimum Gasteiger partial charge on any atom is -0.507 e. The molecule has 0 atom stereocenters. The van der Waals surface area contributed by atoms with E-state index in [1.165, 1.54) is 45.6 Å². The number of nitrogens with zero attached hydrogens (tertiary/aromatic N) is 1. The van der Waals surface area contributed by atoms with Gasteiger partial charge >= 0.3 is 0 Å². The van der Waals surface area contributed by atoms with Gasteiger partial charge in [-0.3, -0.25) is 9.59 Å². The monoisotopic (exact) mass is 414 g/mol. The molecule has 0 bridgehead atoms. The van der Waals surface area contributed by atoms with Crippen LogP contribution < -0.4 is 19.5 Å². The third-order valence-electron chi connectivity index (χ3n) is 5.06. The van der Waals surface area contributed by atoms with Crippen LogP contribution in [-0.4, -0.2) is 56.2 Å². The third kappa shape index (κ3) is 4.42. The topological polar surface area (TPSA) is 97.3 Å². The Bertz CT molecular complexity index is 912. The number of phenols is 1. The number of aromatic hydroxyl groups is 1. The van der Waals surface area contributed by atoms with Gasteiger partial charge in [-0.15, -0.1) is 0 Å². The molecule has 0 aliphatic carbocycles. The molecule has 8 heteroatoms. The number of benzene rings is 2. The van der Waals surface area contributed by atoms with Crippen LogP contribution in [0.25, 0.3) is 0 Å². The van der Waals surface area contributed by atoms with Crippen LogP contribution in [-0.2, 0) is 0 Å². The molecule has 0 aromatic heterocycles. The summed E-state index contributed by atoms with van der Waals surface area (Å²) < 4.78 is 15.8. The molecule has 3 rings (SSSR count). The molecule has 1 aliphatic rings. The van der Waals surface area contributed by atoms with Crippen molar-refractivity contribution in [1.29, 1.82) is 0 Å². The summed E-state index contributed by atoms with van der Waals surface area (Å²) in [6, 6.07) is 7.55. The number of phenolic OH excluding ortho intramolecular Hbond substituents is 1. The molecule has 1 aliphatic heterocycles. The van der Waals surface area contributed by atoms with Crippen LogP contribution >= 0.6 is 0 Å². The van der Waals surface area contributed by atoms with Crippen molar-refractivity contribution in [3.05, 3.63) is 41.5 Å². The predicted octanol–water partition coefficient (Wildman–Crippen LogP) is 3.30. The summed E-state index contributed by atoms with van der Waals surface area (Å²) in [6.07, 6.45) is 3.05. The summed E-state index contributed by atoms with van der Waals surface area (Å²) in [5, 5.41) is 13.1. The van der Waals surface area contributed by atoms with Gasteiger partial charge in [0.2, 0.25) is 5.75 Å². The molecular formula is C22H26N2O6. The van der Waals surface area contributed by atoms with Gasteiger partial charge in [0, 0.05) is 30.4 Å². The zero-order valence-electron chi connectivity index (χ0n) is 17.4. The highest BCUT2D eigenvalue weighted by Gasteiger charge is 2.22. The van der Waals surface area contributed by atoms with Crippen LogP contribution in [0, 0.1) is 0 Å². The van der Waals surface area contributed by atoms with Crippen LogP contribution in [0.2, 0.25) is 0 Å². The molecule has 1 heterocycles. The molecule has 2 amide bonds. The van der Waals surface area contributed by atoms with E-state index in [1.54, 1.807) is 11.0 Å². The Morgan fingerprint density at radius 3 is 2.10 bits per heavy atom. The van der Waals surface area contributed by atoms with E-state index in [0.717, 1.165) is 19.3 Å². The van der Waals surface area contributed by atoms with Crippen LogP contribution in [0.1, 0.15) is 40.0 Å². The summed E-state index contributed by atoms with van der Waals surface area (Å²) in [6.45, 7) is 1.38. The Morgan fingerprint density at radius 2 is 1.57 bits per heavy atom. The highest BCUT2D eigenvalue weighted by atomic mass is 16.5. The summed E-state index contributed by atoms with van der Waals surface area (Å²) >= 11 is 0. The van der Waals surface area contributed by atoms with Crippen molar-refractivity contribution in [3.63, 3.8) is 0 Å². The van der Waals surface area contributed by atoms with Crippen LogP contribution in [0.4, 0.5) is 5.69 Å². The SMILES string of the molecule is COc1cc(C(=O)Nc2ccc(C(=O)N3CCCCC3)c(O)c2)cc(OC)c1OC. The molecule has 0 spiro atoms. The number of rotatable bonds is 6. The average Bonchev–Trinajstić information content (AvgIpc) is 2.78. The van der Waals surface area contributed by atoms with E-state index >= 15 is 0 Å². The Hall–Kier alpha value is -3.42. The van der Waals surface area contributed by atoms with E-state index in [9.17, 15) is 14.7 Å². The maximum Gasteiger partial charge on any atom is 0.257 e. The van der Waals surface area contributed by atoms with Crippen molar-refractivity contribution < 1.29 is 28.9 Å². The van der Waals surface area contributed by atoms with Crippen molar-refractivity contribution in [1.82, 2.24) is 4.90 Å². The molecule has 1 fully saturated rings. The molecule has 0 saturated carbocycles. The van der Waals surface area contributed by atoms with Crippen molar-refractivity contribution in [3.8, 4) is 23.0 Å². The third-order valence-corrected chi connectivity index (χ3v) is 5.06. The molecule has 2 aromatic carbocycles. The van der Waals surface area contributed by atoms with Gasteiger partial charge in [0.1, 0.15) is 5.75 Å². The average molecular weight is 414 g/mol. The lowest BCUT2D eigenvalue weighted by atomic mass is 10.1. The summed E-state index contributed by atoms with van der Waals surface area (Å²) in [5.41, 5.74) is 0.876. The van der Waals surface area contributed by atoms with E-state index in [-0.39, 0.29) is 22.8 Å². The number of anilines is 1. The second-order valence-corrected chi connectivity index (χ2v) is 6.95. The van der Waals surface area contributed by atoms with Gasteiger partial charge in [0.15, 0.2) is 11.5 Å². The standard InChI is InChI=1S/C22H26N2O6/c1-28-18-11-14(12-19(29-2)20(18)30-3)21(26)23-15-7-8-16(17(25)13-15)22(27)24-9-5-4-6-10-24/h7-8,11-13,25H,4-6,9-10H2,1-3H3,(H,23,26). The Labute approximate surface area is 175 Å². The van der Waals surface area contributed by atoms with E-state index in [1.807, 2.05) is 0 Å². The van der Waals surface area contributed by atoms with E-state index in [2.05, 4.69) is 5.32 Å². The van der Waals surface area contributed by atoms with Crippen molar-refractivity contribution in [2.45, 2.75) is 19.3 Å². The maximum absolute atomic E-state index is 12.7. The first-order valence-electron chi connectivity index (χ1n) is 9.72. The van der Waals surface area contributed by atoms with Gasteiger partial charge in [-0.05, 0) is 43.5 Å². The zero-order valence-corrected chi connectivity index (χ0v) is 17.4. The fourth-order valence-electron chi connectivity index (χ4n) is 3.47. The molecule has 0 unspecified atom stereocenters. The summed E-state index contributed by atoms with van der Waals surface area (Å²) in [4.78, 5) is 27.1. The number of hydrogen-bond donors (Lipinski definition) is 2. The summed E-state index contributed by atoms with van der Waals surface area (Å²) in [5.74, 6) is 0.293. The maximum atomic E-state index is 12.7. The fraction of sp³-hybridized carbons (Fsp3) is 0.364. The zero-order chi connectivity index (χ0) is 21.7. The van der Waals surface area contributed by atoms with Crippen LogP contribution in [0.3, 0.4) is 0 Å². The Kier molecular flexibility index (Phi) is 6.66. The predicted molar refractivity (Wildman–Crippen MR) is 112 cm³/mol. The minimum absolute atomic E-state index is 0.173. The normalized spacial score (nSPS) is 13.5. The lowest BCUT2D eigenvalue weighted by Gasteiger charge is -2.27. The number of piperidine rings is 1. The quantitative estimate of drug-likeness (QED) is 0.753. The van der Waals surface area contributed by atoms with Gasteiger partial charge in [0.25, 0.3) is 11.8 Å². The van der Waals surface area contributed by atoms with Gasteiger partial charge in [-0.1, -0.05) is 0 Å². The first kappa shape index (κ1) is 21.3. The smallest absolute Gasteiger partial charge is 0.257 e. The number of carbonyl (C=O) groups excluding carboxylic acids is 2. The largest absolute Gasteiger partial charge is 0.507 e. The van der Waals surface area contributed by atoms with E-state index in [4.69, 9.17) is 14.2 Å². The molecule has 30 heavy (non-hydrogen) atoms. The van der Waals surface area contributed by atoms with Gasteiger partial charge in [-0.2, -0.15) is 0 Å². The van der Waals surface area contributed by atoms with Gasteiger partial charge in [-0.25, -0.2) is 0 Å². The van der Waals surface area contributed by atoms with Crippen molar-refractivity contribution in [2.75, 3.05) is 39.7 Å². The molecule has 2 aromatic rings. The lowest BCUT2D eigenvalue weighted by Crippen LogP contribution is -2.35. The number of carbonyl (C=O) groups is 2. The molecular weight excluding hydrogens is 388 g/mol. The highest BCUT2D eigenvalue weighted by Crippen LogP contribution is 2.38. The number of ether oxygens (including phenoxy) is 3. The molecule has 2 N–H and O–H groups in total. The van der Waals surface area contributed by atoms with Gasteiger partial charge < -0.3 is 29.5 Å². The van der Waals surface area contributed by atoms with E-state index < -0.39 is 5.91 Å². The van der Waals surface area contributed by atoms with E-state index in [0.29, 0.717) is 36.0 Å². The summed E-state index contributed by atoms with van der Waals surface area (Å²) in [7, 11) is 4.42.